The van der Waals surface area contributed by atoms with Crippen molar-refractivity contribution in [3.63, 3.8) is 0 Å². The van der Waals surface area contributed by atoms with E-state index in [1.54, 1.807) is 6.08 Å². The molecular weight excluding hydrogens is 1380 g/mol. The van der Waals surface area contributed by atoms with Crippen LogP contribution in [0.5, 0.6) is 0 Å². The normalized spacial score (nSPS) is 25.5. The van der Waals surface area contributed by atoms with Crippen molar-refractivity contribution in [3.05, 3.63) is 48.6 Å². The molecular formula is C90H167NO18. The van der Waals surface area contributed by atoms with Gasteiger partial charge in [0.2, 0.25) is 5.91 Å². The zero-order valence-corrected chi connectivity index (χ0v) is 69.1. The maximum atomic E-state index is 13.5. The topological polar surface area (TPSA) is 307 Å². The molecule has 3 rings (SSSR count). The predicted molar refractivity (Wildman–Crippen MR) is 439 cm³/mol. The van der Waals surface area contributed by atoms with Crippen LogP contribution in [0.2, 0.25) is 0 Å². The molecule has 17 unspecified atom stereocenters. The summed E-state index contributed by atoms with van der Waals surface area (Å²) in [4.78, 5) is 13.5. The van der Waals surface area contributed by atoms with Gasteiger partial charge in [-0.05, 0) is 57.8 Å². The van der Waals surface area contributed by atoms with E-state index < -0.39 is 124 Å². The molecule has 19 nitrogen and oxygen atoms in total. The van der Waals surface area contributed by atoms with Crippen LogP contribution in [0, 0.1) is 0 Å². The van der Waals surface area contributed by atoms with Gasteiger partial charge in [-0.25, -0.2) is 0 Å². The molecule has 3 aliphatic rings. The zero-order chi connectivity index (χ0) is 78.8. The van der Waals surface area contributed by atoms with Crippen LogP contribution in [0.3, 0.4) is 0 Å². The highest BCUT2D eigenvalue weighted by Gasteiger charge is 2.54. The number of rotatable bonds is 74. The number of amides is 1. The molecule has 0 aromatic rings. The highest BCUT2D eigenvalue weighted by molar-refractivity contribution is 5.76. The highest BCUT2D eigenvalue weighted by atomic mass is 16.8. The zero-order valence-electron chi connectivity index (χ0n) is 69.1. The third-order valence-corrected chi connectivity index (χ3v) is 22.6. The summed E-state index contributed by atoms with van der Waals surface area (Å²) in [5.74, 6) is -0.268. The van der Waals surface area contributed by atoms with Crippen molar-refractivity contribution in [3.8, 4) is 0 Å². The third kappa shape index (κ3) is 48.8. The molecule has 1 amide bonds. The van der Waals surface area contributed by atoms with Crippen molar-refractivity contribution >= 4 is 5.91 Å². The van der Waals surface area contributed by atoms with Gasteiger partial charge >= 0.3 is 0 Å². The molecule has 0 aromatic carbocycles. The van der Waals surface area contributed by atoms with Gasteiger partial charge in [0, 0.05) is 6.42 Å². The Morgan fingerprint density at radius 1 is 0.330 bits per heavy atom. The first-order valence-electron chi connectivity index (χ1n) is 45.4. The van der Waals surface area contributed by atoms with Gasteiger partial charge in [0.05, 0.1) is 38.6 Å². The fourth-order valence-corrected chi connectivity index (χ4v) is 15.4. The van der Waals surface area contributed by atoms with E-state index in [1.807, 2.05) is 6.08 Å². The summed E-state index contributed by atoms with van der Waals surface area (Å²) in [7, 11) is 0. The van der Waals surface area contributed by atoms with Crippen LogP contribution >= 0.6 is 0 Å². The summed E-state index contributed by atoms with van der Waals surface area (Å²) in [6.45, 7) is 1.79. The summed E-state index contributed by atoms with van der Waals surface area (Å²) in [5, 5.41) is 121. The number of allylic oxidation sites excluding steroid dienone is 7. The molecule has 0 saturated carbocycles. The van der Waals surface area contributed by atoms with E-state index in [1.165, 1.54) is 302 Å². The lowest BCUT2D eigenvalue weighted by Gasteiger charge is -2.48. The Bertz CT molecular complexity index is 2150. The second-order valence-electron chi connectivity index (χ2n) is 32.4. The maximum Gasteiger partial charge on any atom is 0.220 e. The smallest absolute Gasteiger partial charge is 0.220 e. The molecule has 3 heterocycles. The number of carbonyl (C=O) groups excluding carboxylic acids is 1. The Morgan fingerprint density at radius 2 is 0.606 bits per heavy atom. The van der Waals surface area contributed by atoms with E-state index in [0.29, 0.717) is 6.42 Å². The lowest BCUT2D eigenvalue weighted by atomic mass is 9.96. The fraction of sp³-hybridized carbons (Fsp3) is 0.900. The average molecular weight is 1550 g/mol. The second-order valence-corrected chi connectivity index (χ2v) is 32.4. The van der Waals surface area contributed by atoms with Gasteiger partial charge in [-0.15, -0.1) is 0 Å². The summed E-state index contributed by atoms with van der Waals surface area (Å²) in [6, 6.07) is -0.974. The van der Waals surface area contributed by atoms with Crippen LogP contribution in [0.15, 0.2) is 48.6 Å². The maximum absolute atomic E-state index is 13.5. The SMILES string of the molecule is CCCCCCC/C=C\C/C=C\C/C=C\CCCCCCCCCCCCCCCCCCCCCCCCC(=O)NC(COC1OC(CO)C(OC2OC(CO)C(OC3OC(CO)C(O)C(O)C3O)C(O)C2O)C(O)C1O)C(O)/C=C/CCCCCCCCCCCCCCCCCCCCCCCCCCC. The molecule has 3 aliphatic heterocycles. The number of ether oxygens (including phenoxy) is 6. The fourth-order valence-electron chi connectivity index (χ4n) is 15.4. The van der Waals surface area contributed by atoms with Crippen LogP contribution in [0.4, 0.5) is 0 Å². The minimum absolute atomic E-state index is 0.247. The lowest BCUT2D eigenvalue weighted by Crippen LogP contribution is -2.66. The molecule has 0 aromatic heterocycles. The Morgan fingerprint density at radius 3 is 0.945 bits per heavy atom. The molecule has 3 saturated heterocycles. The van der Waals surface area contributed by atoms with Crippen molar-refractivity contribution in [1.29, 1.82) is 0 Å². The first-order valence-corrected chi connectivity index (χ1v) is 45.4. The van der Waals surface area contributed by atoms with Crippen molar-refractivity contribution in [1.82, 2.24) is 5.32 Å². The van der Waals surface area contributed by atoms with E-state index in [2.05, 4.69) is 55.6 Å². The van der Waals surface area contributed by atoms with E-state index in [9.17, 15) is 61.0 Å². The first kappa shape index (κ1) is 101. The number of unbranched alkanes of at least 4 members (excludes halogenated alkanes) is 52. The second kappa shape index (κ2) is 70.0. The molecule has 640 valence electrons. The van der Waals surface area contributed by atoms with Crippen LogP contribution < -0.4 is 5.32 Å². The predicted octanol–water partition coefficient (Wildman–Crippen LogP) is 17.2. The van der Waals surface area contributed by atoms with Gasteiger partial charge in [-0.2, -0.15) is 0 Å². The first-order chi connectivity index (χ1) is 53.3. The van der Waals surface area contributed by atoms with Gasteiger partial charge in [0.1, 0.15) is 73.2 Å². The van der Waals surface area contributed by atoms with Gasteiger partial charge in [0.25, 0.3) is 0 Å². The largest absolute Gasteiger partial charge is 0.394 e. The molecule has 3 fully saturated rings. The molecule has 17 atom stereocenters. The minimum atomic E-state index is -1.98. The molecule has 0 radical (unpaired) electrons. The van der Waals surface area contributed by atoms with Crippen molar-refractivity contribution in [2.45, 2.75) is 491 Å². The third-order valence-electron chi connectivity index (χ3n) is 22.6. The summed E-state index contributed by atoms with van der Waals surface area (Å²) < 4.78 is 34.5. The van der Waals surface area contributed by atoms with Crippen molar-refractivity contribution < 1.29 is 89.4 Å². The van der Waals surface area contributed by atoms with Crippen LogP contribution in [-0.2, 0) is 33.2 Å². The molecule has 0 spiro atoms. The number of aliphatic hydroxyl groups is 11. The van der Waals surface area contributed by atoms with E-state index in [-0.39, 0.29) is 18.9 Å². The number of aliphatic hydroxyl groups excluding tert-OH is 11. The average Bonchev–Trinajstić information content (AvgIpc) is 0.760. The number of hydrogen-bond acceptors (Lipinski definition) is 18. The molecule has 0 aliphatic carbocycles. The Kier molecular flexibility index (Phi) is 64.8. The van der Waals surface area contributed by atoms with E-state index in [4.69, 9.17) is 28.4 Å². The monoisotopic (exact) mass is 1550 g/mol. The molecule has 0 bridgehead atoms. The highest BCUT2D eigenvalue weighted by Crippen LogP contribution is 2.34. The van der Waals surface area contributed by atoms with Crippen LogP contribution in [0.1, 0.15) is 386 Å². The number of nitrogens with one attached hydrogen (secondary N) is 1. The lowest BCUT2D eigenvalue weighted by molar-refractivity contribution is -0.379. The van der Waals surface area contributed by atoms with Crippen LogP contribution in [-0.4, -0.2) is 193 Å². The molecule has 19 heteroatoms. The van der Waals surface area contributed by atoms with Crippen molar-refractivity contribution in [2.75, 3.05) is 26.4 Å². The van der Waals surface area contributed by atoms with Gasteiger partial charge in [-0.1, -0.05) is 371 Å². The van der Waals surface area contributed by atoms with Crippen molar-refractivity contribution in [2.24, 2.45) is 0 Å². The summed E-state index contributed by atoms with van der Waals surface area (Å²) in [6.07, 6.45) is 64.0. The number of carbonyl (C=O) groups is 1. The Balaban J connectivity index is 1.32. The Hall–Kier alpha value is -2.25. The summed E-state index contributed by atoms with van der Waals surface area (Å²) in [5.41, 5.74) is 0. The Labute approximate surface area is 663 Å². The van der Waals surface area contributed by atoms with Crippen LogP contribution in [0.25, 0.3) is 0 Å². The number of hydrogen-bond donors (Lipinski definition) is 12. The summed E-state index contributed by atoms with van der Waals surface area (Å²) >= 11 is 0. The standard InChI is InChI=1S/C90H167NO18/c1-3-5-7-9-11-13-15-17-19-21-23-25-27-29-31-32-33-34-35-36-37-38-39-40-42-44-46-48-50-52-54-56-58-60-62-64-66-68-78(96)91-73(74(95)67-65-63-61-59-57-55-53-51-49-47-45-43-41-30-28-26-24-22-20-18-16-14-12-10-8-6-4-2)72-104-88-84(102)81(99)86(76(70-93)106-88)109-90-85(103)82(100)87(77(71-94)107-90)108-89-83(101)80(98)79(97)75(69-92)105-89/h15,17,21,23,27,29,65,67,73-77,79-90,92-95,97-103H,3-14,16,18-20,22,24-26,28,30-64,66,68-72H2,1-2H3,(H,91,96)/b17-15-,23-21-,29-27-,67-65+. The van der Waals surface area contributed by atoms with E-state index >= 15 is 0 Å². The van der Waals surface area contributed by atoms with Gasteiger partial charge < -0.3 is 89.9 Å². The quantitative estimate of drug-likeness (QED) is 0.0199. The minimum Gasteiger partial charge on any atom is -0.394 e. The van der Waals surface area contributed by atoms with Gasteiger partial charge in [-0.3, -0.25) is 4.79 Å². The molecule has 12 N–H and O–H groups in total. The molecule has 109 heavy (non-hydrogen) atoms. The van der Waals surface area contributed by atoms with E-state index in [0.717, 1.165) is 57.8 Å². The van der Waals surface area contributed by atoms with Gasteiger partial charge in [0.15, 0.2) is 18.9 Å².